The smallest absolute Gasteiger partial charge is 0.196 e. The Morgan fingerprint density at radius 2 is 2.21 bits per heavy atom. The van der Waals surface area contributed by atoms with Gasteiger partial charge in [0.1, 0.15) is 11.5 Å². The van der Waals surface area contributed by atoms with Crippen molar-refractivity contribution in [1.82, 2.24) is 0 Å². The van der Waals surface area contributed by atoms with Gasteiger partial charge in [0.25, 0.3) is 0 Å². The highest BCUT2D eigenvalue weighted by molar-refractivity contribution is 14.1. The molecular formula is C10H13IO3. The summed E-state index contributed by atoms with van der Waals surface area (Å²) >= 11 is 2.05. The van der Waals surface area contributed by atoms with Gasteiger partial charge in [0.05, 0.1) is 3.57 Å². The topological polar surface area (TPSA) is 38.7 Å². The first kappa shape index (κ1) is 11.6. The van der Waals surface area contributed by atoms with Crippen LogP contribution in [0, 0.1) is 3.57 Å². The van der Waals surface area contributed by atoms with E-state index in [9.17, 15) is 5.11 Å². The van der Waals surface area contributed by atoms with E-state index in [2.05, 4.69) is 0 Å². The van der Waals surface area contributed by atoms with Crippen molar-refractivity contribution in [2.24, 2.45) is 0 Å². The summed E-state index contributed by atoms with van der Waals surface area (Å²) in [4.78, 5) is 0. The maximum absolute atomic E-state index is 9.29. The molecule has 1 atom stereocenters. The zero-order valence-corrected chi connectivity index (χ0v) is 10.3. The minimum absolute atomic E-state index is 0.264. The van der Waals surface area contributed by atoms with Crippen LogP contribution in [0.5, 0.6) is 11.5 Å². The lowest BCUT2D eigenvalue weighted by molar-refractivity contribution is -0.0613. The Balaban J connectivity index is 2.63. The van der Waals surface area contributed by atoms with Crippen LogP contribution in [0.15, 0.2) is 18.2 Å². The van der Waals surface area contributed by atoms with Crippen LogP contribution in [0.3, 0.4) is 0 Å². The second kappa shape index (κ2) is 5.41. The molecule has 0 saturated carbocycles. The van der Waals surface area contributed by atoms with Crippen molar-refractivity contribution >= 4 is 22.6 Å². The number of hydrogen-bond donors (Lipinski definition) is 1. The summed E-state index contributed by atoms with van der Waals surface area (Å²) in [5, 5.41) is 9.29. The lowest BCUT2D eigenvalue weighted by Gasteiger charge is -2.14. The Kier molecular flexibility index (Phi) is 4.47. The monoisotopic (exact) mass is 308 g/mol. The molecule has 3 nitrogen and oxygen atoms in total. The van der Waals surface area contributed by atoms with Crippen molar-refractivity contribution in [3.8, 4) is 11.5 Å². The molecule has 1 aromatic rings. The van der Waals surface area contributed by atoms with Crippen molar-refractivity contribution in [1.29, 1.82) is 0 Å². The van der Waals surface area contributed by atoms with Gasteiger partial charge in [-0.25, -0.2) is 0 Å². The number of phenolic OH excluding ortho intramolecular Hbond substituents is 1. The molecule has 0 aliphatic heterocycles. The largest absolute Gasteiger partial charge is 0.507 e. The number of hydrogen-bond acceptors (Lipinski definition) is 3. The van der Waals surface area contributed by atoms with Crippen LogP contribution >= 0.6 is 22.6 Å². The molecule has 0 aliphatic rings. The quantitative estimate of drug-likeness (QED) is 0.687. The predicted octanol–water partition coefficient (Wildman–Crippen LogP) is 2.76. The summed E-state index contributed by atoms with van der Waals surface area (Å²) in [6.45, 7) is 4.38. The first-order valence-electron chi connectivity index (χ1n) is 4.40. The van der Waals surface area contributed by atoms with Crippen molar-refractivity contribution in [3.05, 3.63) is 21.8 Å². The molecule has 0 amide bonds. The van der Waals surface area contributed by atoms with E-state index in [1.54, 1.807) is 18.2 Å². The Bertz CT molecular complexity index is 301. The number of halogens is 1. The Morgan fingerprint density at radius 1 is 1.50 bits per heavy atom. The van der Waals surface area contributed by atoms with Gasteiger partial charge in [-0.05, 0) is 54.6 Å². The molecule has 1 rings (SSSR count). The van der Waals surface area contributed by atoms with Crippen molar-refractivity contribution in [2.75, 3.05) is 6.61 Å². The summed E-state index contributed by atoms with van der Waals surface area (Å²) in [6.07, 6.45) is -0.264. The van der Waals surface area contributed by atoms with Gasteiger partial charge >= 0.3 is 0 Å². The van der Waals surface area contributed by atoms with Crippen LogP contribution in [-0.2, 0) is 4.74 Å². The van der Waals surface area contributed by atoms with E-state index in [1.165, 1.54) is 0 Å². The molecule has 14 heavy (non-hydrogen) atoms. The van der Waals surface area contributed by atoms with Gasteiger partial charge < -0.3 is 14.6 Å². The molecule has 0 saturated heterocycles. The number of benzene rings is 1. The number of ether oxygens (including phenoxy) is 2. The van der Waals surface area contributed by atoms with E-state index in [1.807, 2.05) is 36.4 Å². The highest BCUT2D eigenvalue weighted by Gasteiger charge is 2.04. The van der Waals surface area contributed by atoms with E-state index < -0.39 is 0 Å². The van der Waals surface area contributed by atoms with Crippen LogP contribution in [0.2, 0.25) is 0 Å². The van der Waals surface area contributed by atoms with Crippen molar-refractivity contribution < 1.29 is 14.6 Å². The molecule has 0 fully saturated rings. The maximum Gasteiger partial charge on any atom is 0.196 e. The molecule has 0 radical (unpaired) electrons. The van der Waals surface area contributed by atoms with Crippen LogP contribution in [0.4, 0.5) is 0 Å². The first-order valence-corrected chi connectivity index (χ1v) is 5.48. The summed E-state index contributed by atoms with van der Waals surface area (Å²) in [6, 6.07) is 5.09. The molecule has 0 heterocycles. The van der Waals surface area contributed by atoms with E-state index in [0.29, 0.717) is 12.4 Å². The van der Waals surface area contributed by atoms with E-state index in [4.69, 9.17) is 9.47 Å². The molecule has 1 N–H and O–H groups in total. The maximum atomic E-state index is 9.29. The number of phenols is 1. The van der Waals surface area contributed by atoms with Crippen LogP contribution in [0.25, 0.3) is 0 Å². The predicted molar refractivity (Wildman–Crippen MR) is 62.5 cm³/mol. The third-order valence-electron chi connectivity index (χ3n) is 1.62. The average Bonchev–Trinajstić information content (AvgIpc) is 2.12. The van der Waals surface area contributed by atoms with E-state index >= 15 is 0 Å². The van der Waals surface area contributed by atoms with Gasteiger partial charge in [-0.15, -0.1) is 0 Å². The van der Waals surface area contributed by atoms with Gasteiger partial charge in [0, 0.05) is 6.61 Å². The highest BCUT2D eigenvalue weighted by Crippen LogP contribution is 2.24. The molecule has 0 aromatic heterocycles. The Morgan fingerprint density at radius 3 is 2.79 bits per heavy atom. The fourth-order valence-electron chi connectivity index (χ4n) is 1.02. The number of rotatable bonds is 4. The zero-order valence-electron chi connectivity index (χ0n) is 8.16. The fraction of sp³-hybridized carbons (Fsp3) is 0.400. The summed E-state index contributed by atoms with van der Waals surface area (Å²) in [7, 11) is 0. The average molecular weight is 308 g/mol. The third-order valence-corrected chi connectivity index (χ3v) is 2.49. The van der Waals surface area contributed by atoms with Gasteiger partial charge in [-0.3, -0.25) is 0 Å². The molecular weight excluding hydrogens is 295 g/mol. The third kappa shape index (κ3) is 3.34. The summed E-state index contributed by atoms with van der Waals surface area (Å²) < 4.78 is 11.4. The second-order valence-electron chi connectivity index (χ2n) is 2.75. The summed E-state index contributed by atoms with van der Waals surface area (Å²) in [5.41, 5.74) is 0. The normalized spacial score (nSPS) is 12.5. The Hall–Kier alpha value is -0.490. The molecule has 4 heteroatoms. The zero-order chi connectivity index (χ0) is 10.6. The summed E-state index contributed by atoms with van der Waals surface area (Å²) in [5.74, 6) is 0.968. The fourth-order valence-corrected chi connectivity index (χ4v) is 1.51. The molecule has 78 valence electrons. The molecule has 1 unspecified atom stereocenters. The van der Waals surface area contributed by atoms with Crippen LogP contribution < -0.4 is 4.74 Å². The van der Waals surface area contributed by atoms with Gasteiger partial charge in [-0.1, -0.05) is 0 Å². The minimum Gasteiger partial charge on any atom is -0.507 e. The Labute approximate surface area is 97.2 Å². The van der Waals surface area contributed by atoms with Crippen molar-refractivity contribution in [3.63, 3.8) is 0 Å². The molecule has 1 aromatic carbocycles. The molecule has 0 spiro atoms. The van der Waals surface area contributed by atoms with Crippen LogP contribution in [0.1, 0.15) is 13.8 Å². The SMILES string of the molecule is CCOC(C)Oc1ccc(O)c(I)c1. The lowest BCUT2D eigenvalue weighted by atomic mass is 10.3. The first-order chi connectivity index (χ1) is 6.63. The highest BCUT2D eigenvalue weighted by atomic mass is 127. The second-order valence-corrected chi connectivity index (χ2v) is 3.92. The van der Waals surface area contributed by atoms with Crippen LogP contribution in [-0.4, -0.2) is 18.0 Å². The minimum atomic E-state index is -0.264. The van der Waals surface area contributed by atoms with Gasteiger partial charge in [-0.2, -0.15) is 0 Å². The van der Waals surface area contributed by atoms with E-state index in [0.717, 1.165) is 3.57 Å². The van der Waals surface area contributed by atoms with Gasteiger partial charge in [0.2, 0.25) is 0 Å². The van der Waals surface area contributed by atoms with Crippen molar-refractivity contribution in [2.45, 2.75) is 20.1 Å². The lowest BCUT2D eigenvalue weighted by Crippen LogP contribution is -2.15. The number of aromatic hydroxyl groups is 1. The molecule has 0 aliphatic carbocycles. The molecule has 0 bridgehead atoms. The van der Waals surface area contributed by atoms with Gasteiger partial charge in [0.15, 0.2) is 6.29 Å². The van der Waals surface area contributed by atoms with E-state index in [-0.39, 0.29) is 12.0 Å². The standard InChI is InChI=1S/C10H13IO3/c1-3-13-7(2)14-8-4-5-10(12)9(11)6-8/h4-7,12H,3H2,1-2H3.